The maximum atomic E-state index is 5.59. The zero-order valence-electron chi connectivity index (χ0n) is 16.0. The van der Waals surface area contributed by atoms with Crippen molar-refractivity contribution >= 4 is 30.3 Å². The van der Waals surface area contributed by atoms with Gasteiger partial charge >= 0.3 is 0 Å². The summed E-state index contributed by atoms with van der Waals surface area (Å²) in [5, 5.41) is 4.05. The van der Waals surface area contributed by atoms with Gasteiger partial charge in [0.15, 0.2) is 0 Å². The Bertz CT molecular complexity index is 1190. The molecule has 0 atom stereocenters. The molecule has 0 unspecified atom stereocenters. The van der Waals surface area contributed by atoms with Crippen molar-refractivity contribution in [2.45, 2.75) is 27.2 Å². The maximum Gasteiger partial charge on any atom is 0.144 e. The number of H-pyrrole nitrogens is 2. The lowest BCUT2D eigenvalue weighted by Gasteiger charge is -1.96. The van der Waals surface area contributed by atoms with Gasteiger partial charge in [0.25, 0.3) is 0 Å². The number of nitrogens with zero attached hydrogens (tertiary/aromatic N) is 1. The number of hydrogen-bond donors (Lipinski definition) is 2. The molecule has 0 bridgehead atoms. The maximum absolute atomic E-state index is 5.59. The Hall–Kier alpha value is -2.72. The quantitative estimate of drug-likeness (QED) is 0.716. The average molecular weight is 382 g/mol. The van der Waals surface area contributed by atoms with E-state index >= 15 is 0 Å². The van der Waals surface area contributed by atoms with Crippen LogP contribution in [0.1, 0.15) is 29.4 Å². The van der Waals surface area contributed by atoms with Crippen LogP contribution in [0, 0.1) is 13.8 Å². The molecule has 0 amide bonds. The Morgan fingerprint density at radius 3 is 2.59 bits per heavy atom. The normalized spacial score (nSPS) is 15.0. The average Bonchev–Trinajstić information content (AvgIpc) is 3.31. The standard InChI is InChI=1S/C22H23N3O.ClH/c1-5-16-13(2)18(23-14(16)3)11-21-22(26-4)12-20(25-21)19-10-15-8-6-7-9-17(15)24-19;/h6-12,23,25H,5H2,1-4H3;1H/b20-19-,21-11-;. The number of rotatable bonds is 3. The SMILES string of the molecule is CCc1c(C)[nH]c(/C=c2\[nH]/c(=C3/C=c4ccccc4=N3)cc2OC)c1C.Cl. The lowest BCUT2D eigenvalue weighted by atomic mass is 10.1. The highest BCUT2D eigenvalue weighted by Gasteiger charge is 2.10. The Morgan fingerprint density at radius 1 is 1.15 bits per heavy atom. The molecule has 2 N–H and O–H groups in total. The van der Waals surface area contributed by atoms with Gasteiger partial charge in [0.1, 0.15) is 5.75 Å². The molecule has 0 saturated carbocycles. The minimum absolute atomic E-state index is 0. The van der Waals surface area contributed by atoms with Crippen LogP contribution in [0.5, 0.6) is 5.75 Å². The van der Waals surface area contributed by atoms with Crippen LogP contribution >= 0.6 is 12.4 Å². The highest BCUT2D eigenvalue weighted by atomic mass is 35.5. The van der Waals surface area contributed by atoms with Crippen molar-refractivity contribution in [3.05, 3.63) is 74.1 Å². The first-order valence-corrected chi connectivity index (χ1v) is 8.93. The van der Waals surface area contributed by atoms with Crippen LogP contribution in [0.4, 0.5) is 0 Å². The van der Waals surface area contributed by atoms with Gasteiger partial charge in [-0.2, -0.15) is 0 Å². The molecule has 0 radical (unpaired) electrons. The predicted octanol–water partition coefficient (Wildman–Crippen LogP) is 2.00. The van der Waals surface area contributed by atoms with Crippen molar-refractivity contribution in [2.24, 2.45) is 4.99 Å². The zero-order valence-corrected chi connectivity index (χ0v) is 16.8. The van der Waals surface area contributed by atoms with Crippen LogP contribution < -0.4 is 26.0 Å². The molecule has 4 nitrogen and oxygen atoms in total. The van der Waals surface area contributed by atoms with Gasteiger partial charge in [-0.15, -0.1) is 12.4 Å². The molecule has 1 aliphatic heterocycles. The molecule has 0 saturated heterocycles. The van der Waals surface area contributed by atoms with Gasteiger partial charge < -0.3 is 14.7 Å². The number of halogens is 1. The van der Waals surface area contributed by atoms with Gasteiger partial charge in [0.05, 0.1) is 28.9 Å². The molecule has 5 heteroatoms. The van der Waals surface area contributed by atoms with E-state index < -0.39 is 0 Å². The summed E-state index contributed by atoms with van der Waals surface area (Å²) in [5.74, 6) is 0.816. The number of methoxy groups -OCH3 is 1. The first kappa shape index (κ1) is 19.1. The second kappa shape index (κ2) is 7.49. The van der Waals surface area contributed by atoms with Crippen molar-refractivity contribution in [1.82, 2.24) is 9.97 Å². The zero-order chi connectivity index (χ0) is 18.3. The van der Waals surface area contributed by atoms with Crippen molar-refractivity contribution in [2.75, 3.05) is 7.11 Å². The van der Waals surface area contributed by atoms with Crippen LogP contribution in [0.2, 0.25) is 0 Å². The van der Waals surface area contributed by atoms with Crippen molar-refractivity contribution in [3.8, 4) is 5.75 Å². The molecule has 0 aliphatic carbocycles. The summed E-state index contributed by atoms with van der Waals surface area (Å²) in [7, 11) is 1.70. The molecule has 1 aromatic carbocycles. The molecule has 0 fully saturated rings. The van der Waals surface area contributed by atoms with Crippen LogP contribution in [0.25, 0.3) is 17.8 Å². The Balaban J connectivity index is 0.00000210. The number of hydrogen-bond acceptors (Lipinski definition) is 2. The summed E-state index contributed by atoms with van der Waals surface area (Å²) in [6.07, 6.45) is 5.25. The predicted molar refractivity (Wildman–Crippen MR) is 112 cm³/mol. The fourth-order valence-corrected chi connectivity index (χ4v) is 3.66. The van der Waals surface area contributed by atoms with E-state index in [9.17, 15) is 0 Å². The second-order valence-electron chi connectivity index (χ2n) is 6.63. The third kappa shape index (κ3) is 3.33. The van der Waals surface area contributed by atoms with Gasteiger partial charge in [0, 0.05) is 22.7 Å². The summed E-state index contributed by atoms with van der Waals surface area (Å²) >= 11 is 0. The molecular weight excluding hydrogens is 358 g/mol. The summed E-state index contributed by atoms with van der Waals surface area (Å²) in [5.41, 5.74) is 5.95. The molecule has 4 rings (SSSR count). The molecule has 2 aromatic heterocycles. The lowest BCUT2D eigenvalue weighted by Crippen LogP contribution is -2.19. The number of nitrogens with one attached hydrogen (secondary N) is 2. The van der Waals surface area contributed by atoms with Crippen molar-refractivity contribution in [3.63, 3.8) is 0 Å². The lowest BCUT2D eigenvalue weighted by molar-refractivity contribution is 0.412. The number of aromatic amines is 2. The third-order valence-electron chi connectivity index (χ3n) is 5.05. The van der Waals surface area contributed by atoms with Crippen molar-refractivity contribution < 1.29 is 4.74 Å². The Labute approximate surface area is 164 Å². The van der Waals surface area contributed by atoms with E-state index in [1.54, 1.807) is 7.11 Å². The van der Waals surface area contributed by atoms with E-state index in [1.807, 2.05) is 24.3 Å². The molecule has 3 aromatic rings. The molecule has 3 heterocycles. The highest BCUT2D eigenvalue weighted by Crippen LogP contribution is 2.19. The van der Waals surface area contributed by atoms with E-state index in [0.29, 0.717) is 0 Å². The van der Waals surface area contributed by atoms with Crippen LogP contribution in [-0.4, -0.2) is 17.1 Å². The fourth-order valence-electron chi connectivity index (χ4n) is 3.66. The van der Waals surface area contributed by atoms with Crippen LogP contribution in [0.3, 0.4) is 0 Å². The summed E-state index contributed by atoms with van der Waals surface area (Å²) in [4.78, 5) is 11.7. The van der Waals surface area contributed by atoms with E-state index in [1.165, 1.54) is 16.8 Å². The molecule has 0 spiro atoms. The third-order valence-corrected chi connectivity index (χ3v) is 5.05. The smallest absolute Gasteiger partial charge is 0.144 e. The van der Waals surface area contributed by atoms with Crippen LogP contribution in [-0.2, 0) is 6.42 Å². The van der Waals surface area contributed by atoms with Gasteiger partial charge in [-0.1, -0.05) is 25.1 Å². The first-order valence-electron chi connectivity index (χ1n) is 8.93. The monoisotopic (exact) mass is 381 g/mol. The minimum atomic E-state index is 0. The number of fused-ring (bicyclic) bond motifs is 1. The van der Waals surface area contributed by atoms with Gasteiger partial charge in [-0.3, -0.25) is 0 Å². The Morgan fingerprint density at radius 2 is 1.93 bits per heavy atom. The summed E-state index contributed by atoms with van der Waals surface area (Å²) in [6, 6.07) is 10.2. The van der Waals surface area contributed by atoms with Gasteiger partial charge in [-0.05, 0) is 49.6 Å². The second-order valence-corrected chi connectivity index (χ2v) is 6.63. The van der Waals surface area contributed by atoms with Gasteiger partial charge in [-0.25, -0.2) is 4.99 Å². The number of aromatic nitrogens is 2. The molecule has 27 heavy (non-hydrogen) atoms. The Kier molecular flexibility index (Phi) is 5.29. The minimum Gasteiger partial charge on any atom is -0.494 e. The fraction of sp³-hybridized carbons (Fsp3) is 0.227. The first-order chi connectivity index (χ1) is 12.6. The van der Waals surface area contributed by atoms with Crippen molar-refractivity contribution in [1.29, 1.82) is 0 Å². The number of aryl methyl sites for hydroxylation is 1. The van der Waals surface area contributed by atoms with E-state index in [0.717, 1.165) is 44.8 Å². The van der Waals surface area contributed by atoms with Crippen LogP contribution in [0.15, 0.2) is 35.3 Å². The topological polar surface area (TPSA) is 53.2 Å². The van der Waals surface area contributed by atoms with Gasteiger partial charge in [0.2, 0.25) is 0 Å². The molecule has 1 aliphatic rings. The molecular formula is C22H24ClN3O. The number of benzene rings is 1. The number of ether oxygens (including phenoxy) is 1. The summed E-state index contributed by atoms with van der Waals surface area (Å²) in [6.45, 7) is 6.47. The largest absolute Gasteiger partial charge is 0.494 e. The number of para-hydroxylation sites is 1. The summed E-state index contributed by atoms with van der Waals surface area (Å²) < 4.78 is 5.59. The van der Waals surface area contributed by atoms with E-state index in [4.69, 9.17) is 9.73 Å². The van der Waals surface area contributed by atoms with E-state index in [-0.39, 0.29) is 12.4 Å². The molecule has 140 valence electrons. The van der Waals surface area contributed by atoms with E-state index in [2.05, 4.69) is 49.0 Å². The highest BCUT2D eigenvalue weighted by molar-refractivity contribution is 5.85.